The van der Waals surface area contributed by atoms with Gasteiger partial charge in [0.1, 0.15) is 13.2 Å². The van der Waals surface area contributed by atoms with E-state index in [1.54, 1.807) is 0 Å². The molecule has 0 heterocycles. The minimum Gasteiger partial charge on any atom is -0.462 e. The molecular weight excluding hydrogens is 997 g/mol. The lowest BCUT2D eigenvalue weighted by Gasteiger charge is -2.18. The van der Waals surface area contributed by atoms with Crippen molar-refractivity contribution in [1.29, 1.82) is 0 Å². The molecular formula is C75H130O6. The lowest BCUT2D eigenvalue weighted by atomic mass is 10.0. The Balaban J connectivity index is 4.15. The summed E-state index contributed by atoms with van der Waals surface area (Å²) in [4.78, 5) is 38.3. The summed E-state index contributed by atoms with van der Waals surface area (Å²) >= 11 is 0. The molecule has 0 saturated carbocycles. The molecule has 6 heteroatoms. The molecule has 0 N–H and O–H groups in total. The van der Waals surface area contributed by atoms with Crippen LogP contribution in [0.25, 0.3) is 0 Å². The van der Waals surface area contributed by atoms with Crippen LogP contribution in [0, 0.1) is 0 Å². The number of carbonyl (C=O) groups excluding carboxylic acids is 3. The third-order valence-corrected chi connectivity index (χ3v) is 15.0. The van der Waals surface area contributed by atoms with Gasteiger partial charge < -0.3 is 14.2 Å². The lowest BCUT2D eigenvalue weighted by Crippen LogP contribution is -2.30. The van der Waals surface area contributed by atoms with E-state index in [1.165, 1.54) is 199 Å². The summed E-state index contributed by atoms with van der Waals surface area (Å²) in [6, 6.07) is 0. The smallest absolute Gasteiger partial charge is 0.306 e. The van der Waals surface area contributed by atoms with Gasteiger partial charge >= 0.3 is 17.9 Å². The standard InChI is InChI=1S/C75H130O6/c1-4-7-10-13-16-19-22-24-26-28-30-31-32-33-34-35-36-37-38-39-40-41-42-43-45-46-48-50-53-56-59-62-65-68-74(77)80-71-72(70-79-73(76)67-64-61-58-55-52-21-18-15-12-9-6-3)81-75(78)69-66-63-60-57-54-51-49-47-44-29-27-25-23-20-17-14-11-8-5-2/h7,10,15-20,24-27,30-31,33-34,72H,4-6,8-9,11-14,21-23,28-29,32,35-71H2,1-3H3/b10-7-,18-15-,19-16-,20-17-,26-24-,27-25-,31-30-,34-33-. The van der Waals surface area contributed by atoms with E-state index in [0.717, 1.165) is 103 Å². The van der Waals surface area contributed by atoms with Crippen molar-refractivity contribution in [3.05, 3.63) is 97.2 Å². The molecule has 6 nitrogen and oxygen atoms in total. The average molecular weight is 1130 g/mol. The van der Waals surface area contributed by atoms with Crippen LogP contribution >= 0.6 is 0 Å². The Kier molecular flexibility index (Phi) is 65.7. The van der Waals surface area contributed by atoms with Crippen LogP contribution in [0.4, 0.5) is 0 Å². The topological polar surface area (TPSA) is 78.9 Å². The predicted molar refractivity (Wildman–Crippen MR) is 353 cm³/mol. The van der Waals surface area contributed by atoms with Crippen molar-refractivity contribution in [1.82, 2.24) is 0 Å². The van der Waals surface area contributed by atoms with Crippen LogP contribution in [0.2, 0.25) is 0 Å². The summed E-state index contributed by atoms with van der Waals surface area (Å²) < 4.78 is 16.9. The monoisotopic (exact) mass is 1130 g/mol. The van der Waals surface area contributed by atoms with Gasteiger partial charge in [-0.25, -0.2) is 0 Å². The first-order chi connectivity index (χ1) is 40.0. The number of unbranched alkanes of at least 4 members (excludes halogenated alkanes) is 36. The molecule has 81 heavy (non-hydrogen) atoms. The van der Waals surface area contributed by atoms with Crippen molar-refractivity contribution in [2.75, 3.05) is 13.2 Å². The van der Waals surface area contributed by atoms with Crippen molar-refractivity contribution in [2.45, 2.75) is 348 Å². The number of carbonyl (C=O) groups is 3. The van der Waals surface area contributed by atoms with Crippen LogP contribution in [0.15, 0.2) is 97.2 Å². The number of allylic oxidation sites excluding steroid dienone is 16. The van der Waals surface area contributed by atoms with Gasteiger partial charge in [-0.1, -0.05) is 304 Å². The van der Waals surface area contributed by atoms with Gasteiger partial charge in [-0.15, -0.1) is 0 Å². The normalized spacial score (nSPS) is 12.7. The number of ether oxygens (including phenoxy) is 3. The third-order valence-electron chi connectivity index (χ3n) is 15.0. The number of hydrogen-bond donors (Lipinski definition) is 0. The van der Waals surface area contributed by atoms with Crippen LogP contribution in [0.1, 0.15) is 342 Å². The summed E-state index contributed by atoms with van der Waals surface area (Å²) in [5.74, 6) is -0.878. The highest BCUT2D eigenvalue weighted by atomic mass is 16.6. The van der Waals surface area contributed by atoms with Gasteiger partial charge in [-0.2, -0.15) is 0 Å². The molecule has 0 rings (SSSR count). The molecule has 0 aromatic carbocycles. The van der Waals surface area contributed by atoms with Crippen molar-refractivity contribution in [3.63, 3.8) is 0 Å². The van der Waals surface area contributed by atoms with Crippen molar-refractivity contribution < 1.29 is 28.6 Å². The van der Waals surface area contributed by atoms with Crippen molar-refractivity contribution >= 4 is 17.9 Å². The highest BCUT2D eigenvalue weighted by molar-refractivity contribution is 5.71. The molecule has 0 saturated heterocycles. The Labute approximate surface area is 502 Å². The maximum absolute atomic E-state index is 12.9. The summed E-state index contributed by atoms with van der Waals surface area (Å²) in [5.41, 5.74) is 0. The highest BCUT2D eigenvalue weighted by Crippen LogP contribution is 2.17. The van der Waals surface area contributed by atoms with E-state index in [9.17, 15) is 14.4 Å². The first-order valence-corrected chi connectivity index (χ1v) is 34.7. The largest absolute Gasteiger partial charge is 0.462 e. The van der Waals surface area contributed by atoms with Crippen molar-refractivity contribution in [3.8, 4) is 0 Å². The third kappa shape index (κ3) is 67.0. The van der Waals surface area contributed by atoms with E-state index >= 15 is 0 Å². The zero-order valence-corrected chi connectivity index (χ0v) is 53.5. The molecule has 0 aliphatic carbocycles. The fraction of sp³-hybridized carbons (Fsp3) is 0.747. The zero-order valence-electron chi connectivity index (χ0n) is 53.5. The first kappa shape index (κ1) is 77.3. The Morgan fingerprint density at radius 1 is 0.259 bits per heavy atom. The molecule has 0 spiro atoms. The number of rotatable bonds is 63. The zero-order chi connectivity index (χ0) is 58.5. The van der Waals surface area contributed by atoms with Crippen LogP contribution in [-0.4, -0.2) is 37.2 Å². The van der Waals surface area contributed by atoms with Crippen LogP contribution in [-0.2, 0) is 28.6 Å². The van der Waals surface area contributed by atoms with E-state index < -0.39 is 6.10 Å². The quantitative estimate of drug-likeness (QED) is 0.0261. The summed E-state index contributed by atoms with van der Waals surface area (Å²) in [6.45, 7) is 6.49. The van der Waals surface area contributed by atoms with Crippen molar-refractivity contribution in [2.24, 2.45) is 0 Å². The molecule has 0 aliphatic heterocycles. The predicted octanol–water partition coefficient (Wildman–Crippen LogP) is 24.0. The Hall–Kier alpha value is -3.67. The van der Waals surface area contributed by atoms with Gasteiger partial charge in [-0.05, 0) is 116 Å². The van der Waals surface area contributed by atoms with Gasteiger partial charge in [0, 0.05) is 19.3 Å². The van der Waals surface area contributed by atoms with E-state index in [0.29, 0.717) is 19.3 Å². The van der Waals surface area contributed by atoms with E-state index in [4.69, 9.17) is 14.2 Å². The van der Waals surface area contributed by atoms with Crippen LogP contribution in [0.5, 0.6) is 0 Å². The number of esters is 3. The SMILES string of the molecule is CC/C=C\C/C=C\C/C=C\C/C=C\C/C=C\CCCCCCCCCCCCCCCCCCCC(=O)OCC(COC(=O)CCCCCCC/C=C\CCCC)OC(=O)CCCCCCCCCCC/C=C\C/C=C\CCCCC. The Morgan fingerprint density at radius 3 is 0.802 bits per heavy atom. The molecule has 0 aromatic heterocycles. The van der Waals surface area contributed by atoms with Gasteiger partial charge in [0.2, 0.25) is 0 Å². The Bertz CT molecular complexity index is 1580. The van der Waals surface area contributed by atoms with E-state index in [1.807, 2.05) is 0 Å². The maximum atomic E-state index is 12.9. The van der Waals surface area contributed by atoms with E-state index in [2.05, 4.69) is 118 Å². The summed E-state index contributed by atoms with van der Waals surface area (Å²) in [5, 5.41) is 0. The molecule has 1 atom stereocenters. The van der Waals surface area contributed by atoms with Gasteiger partial charge in [-0.3, -0.25) is 14.4 Å². The van der Waals surface area contributed by atoms with Gasteiger partial charge in [0.05, 0.1) is 0 Å². The van der Waals surface area contributed by atoms with Gasteiger partial charge in [0.25, 0.3) is 0 Å². The van der Waals surface area contributed by atoms with Crippen LogP contribution < -0.4 is 0 Å². The molecule has 1 unspecified atom stereocenters. The first-order valence-electron chi connectivity index (χ1n) is 34.7. The second kappa shape index (κ2) is 68.8. The van der Waals surface area contributed by atoms with Crippen LogP contribution in [0.3, 0.4) is 0 Å². The van der Waals surface area contributed by atoms with E-state index in [-0.39, 0.29) is 31.1 Å². The average Bonchev–Trinajstić information content (AvgIpc) is 3.47. The number of hydrogen-bond acceptors (Lipinski definition) is 6. The summed E-state index contributed by atoms with van der Waals surface area (Å²) in [7, 11) is 0. The molecule has 0 aliphatic rings. The maximum Gasteiger partial charge on any atom is 0.306 e. The molecule has 0 radical (unpaired) electrons. The highest BCUT2D eigenvalue weighted by Gasteiger charge is 2.19. The second-order valence-electron chi connectivity index (χ2n) is 23.1. The second-order valence-corrected chi connectivity index (χ2v) is 23.1. The van der Waals surface area contributed by atoms with Gasteiger partial charge in [0.15, 0.2) is 6.10 Å². The molecule has 466 valence electrons. The molecule has 0 fully saturated rings. The Morgan fingerprint density at radius 2 is 0.494 bits per heavy atom. The minimum absolute atomic E-state index is 0.0783. The fourth-order valence-electron chi connectivity index (χ4n) is 9.84. The molecule has 0 bridgehead atoms. The minimum atomic E-state index is -0.782. The summed E-state index contributed by atoms with van der Waals surface area (Å²) in [6.07, 6.45) is 93.0. The fourth-order valence-corrected chi connectivity index (χ4v) is 9.84. The molecule has 0 amide bonds. The lowest BCUT2D eigenvalue weighted by molar-refractivity contribution is -0.167. The molecule has 0 aromatic rings.